The maximum absolute atomic E-state index is 13.4. The van der Waals surface area contributed by atoms with Crippen molar-refractivity contribution in [1.29, 1.82) is 0 Å². The predicted octanol–water partition coefficient (Wildman–Crippen LogP) is 2.23. The van der Waals surface area contributed by atoms with E-state index in [2.05, 4.69) is 5.32 Å². The largest absolute Gasteiger partial charge is 0.357 e. The van der Waals surface area contributed by atoms with Gasteiger partial charge in [0, 0.05) is 26.6 Å². The Bertz CT molecular complexity index is 1030. The first kappa shape index (κ1) is 26.1. The lowest BCUT2D eigenvalue weighted by Gasteiger charge is -2.33. The fourth-order valence-electron chi connectivity index (χ4n) is 4.43. The van der Waals surface area contributed by atoms with Gasteiger partial charge in [-0.25, -0.2) is 0 Å². The highest BCUT2D eigenvalue weighted by atomic mass is 16.2. The second-order valence-corrected chi connectivity index (χ2v) is 9.25. The normalized spacial score (nSPS) is 14.6. The maximum Gasteiger partial charge on any atom is 0.261 e. The third-order valence-corrected chi connectivity index (χ3v) is 6.18. The highest BCUT2D eigenvalue weighted by Gasteiger charge is 2.36. The van der Waals surface area contributed by atoms with E-state index in [1.165, 1.54) is 16.8 Å². The average Bonchev–Trinajstić information content (AvgIpc) is 3.09. The molecule has 0 fully saturated rings. The molecule has 0 saturated carbocycles. The summed E-state index contributed by atoms with van der Waals surface area (Å²) >= 11 is 0. The number of amides is 4. The first-order valence-electron chi connectivity index (χ1n) is 12.0. The molecule has 3 N–H and O–H groups in total. The monoisotopic (exact) mass is 478 g/mol. The van der Waals surface area contributed by atoms with Gasteiger partial charge in [0.25, 0.3) is 11.8 Å². The van der Waals surface area contributed by atoms with Crippen molar-refractivity contribution in [1.82, 2.24) is 15.1 Å². The van der Waals surface area contributed by atoms with Crippen LogP contribution in [0.4, 0.5) is 0 Å². The van der Waals surface area contributed by atoms with E-state index >= 15 is 0 Å². The maximum atomic E-state index is 13.4. The van der Waals surface area contributed by atoms with Crippen molar-refractivity contribution >= 4 is 23.6 Å². The van der Waals surface area contributed by atoms with E-state index in [0.29, 0.717) is 30.4 Å². The van der Waals surface area contributed by atoms with E-state index in [1.807, 2.05) is 44.2 Å². The molecular formula is C27H34N4O4. The van der Waals surface area contributed by atoms with Crippen LogP contribution in [0.3, 0.4) is 0 Å². The van der Waals surface area contributed by atoms with Gasteiger partial charge in [0.2, 0.25) is 11.8 Å². The Morgan fingerprint density at radius 1 is 0.971 bits per heavy atom. The molecule has 2 aromatic rings. The number of benzene rings is 2. The summed E-state index contributed by atoms with van der Waals surface area (Å²) in [6.07, 6.45) is 1.14. The van der Waals surface area contributed by atoms with Gasteiger partial charge in [-0.05, 0) is 36.5 Å². The number of likely N-dealkylation sites (N-methyl/N-ethyl adjacent to an activating group) is 1. The molecule has 0 aliphatic carbocycles. The third-order valence-electron chi connectivity index (χ3n) is 6.18. The summed E-state index contributed by atoms with van der Waals surface area (Å²) in [5.41, 5.74) is 7.93. The Morgan fingerprint density at radius 3 is 2.09 bits per heavy atom. The summed E-state index contributed by atoms with van der Waals surface area (Å²) in [5.74, 6) is -1.08. The standard InChI is InChI=1S/C27H34N4O4/c1-18(2)16-22(28)27(35)30(23(24(32)29-3)17-19-10-5-4-6-11-19)14-9-15-31-25(33)20-12-7-8-13-21(20)26(31)34/h4-8,10-13,18,22-23H,9,14-17,28H2,1-3H3,(H,29,32)/t22-,23-/m0/s1. The number of nitrogens with two attached hydrogens (primary N) is 1. The van der Waals surface area contributed by atoms with Crippen LogP contribution in [0.25, 0.3) is 0 Å². The lowest BCUT2D eigenvalue weighted by atomic mass is 9.99. The number of carbonyl (C=O) groups is 4. The minimum Gasteiger partial charge on any atom is -0.357 e. The molecule has 0 aromatic heterocycles. The summed E-state index contributed by atoms with van der Waals surface area (Å²) in [6.45, 7) is 4.30. The zero-order valence-electron chi connectivity index (χ0n) is 20.6. The Balaban J connectivity index is 1.79. The molecule has 0 saturated heterocycles. The van der Waals surface area contributed by atoms with Gasteiger partial charge in [-0.1, -0.05) is 56.3 Å². The van der Waals surface area contributed by atoms with Crippen LogP contribution in [-0.4, -0.2) is 65.6 Å². The number of imide groups is 1. The van der Waals surface area contributed by atoms with Crippen LogP contribution in [0.2, 0.25) is 0 Å². The van der Waals surface area contributed by atoms with Crippen LogP contribution in [0.1, 0.15) is 53.0 Å². The molecule has 3 rings (SSSR count). The summed E-state index contributed by atoms with van der Waals surface area (Å²) in [5, 5.41) is 2.67. The molecule has 2 aromatic carbocycles. The SMILES string of the molecule is CNC(=O)[C@H](Cc1ccccc1)N(CCCN1C(=O)c2ccccc2C1=O)C(=O)[C@@H](N)CC(C)C. The molecule has 2 atom stereocenters. The molecule has 0 radical (unpaired) electrons. The first-order chi connectivity index (χ1) is 16.7. The Kier molecular flexibility index (Phi) is 8.76. The van der Waals surface area contributed by atoms with Crippen LogP contribution >= 0.6 is 0 Å². The van der Waals surface area contributed by atoms with E-state index in [4.69, 9.17) is 5.73 Å². The predicted molar refractivity (Wildman–Crippen MR) is 134 cm³/mol. The van der Waals surface area contributed by atoms with E-state index in [0.717, 1.165) is 5.56 Å². The summed E-state index contributed by atoms with van der Waals surface area (Å²) in [6, 6.07) is 14.7. The minimum atomic E-state index is -0.768. The quantitative estimate of drug-likeness (QED) is 0.481. The molecule has 35 heavy (non-hydrogen) atoms. The number of fused-ring (bicyclic) bond motifs is 1. The number of hydrogen-bond acceptors (Lipinski definition) is 5. The lowest BCUT2D eigenvalue weighted by molar-refractivity contribution is -0.141. The number of rotatable bonds is 11. The van der Waals surface area contributed by atoms with Gasteiger partial charge in [0.1, 0.15) is 6.04 Å². The van der Waals surface area contributed by atoms with E-state index < -0.39 is 12.1 Å². The Hall–Kier alpha value is -3.52. The van der Waals surface area contributed by atoms with Crippen molar-refractivity contribution in [3.63, 3.8) is 0 Å². The number of hydrogen-bond donors (Lipinski definition) is 2. The van der Waals surface area contributed by atoms with E-state index in [9.17, 15) is 19.2 Å². The number of nitrogens with zero attached hydrogens (tertiary/aromatic N) is 2. The van der Waals surface area contributed by atoms with Gasteiger partial charge in [-0.2, -0.15) is 0 Å². The fourth-order valence-corrected chi connectivity index (χ4v) is 4.43. The first-order valence-corrected chi connectivity index (χ1v) is 12.0. The van der Waals surface area contributed by atoms with Gasteiger partial charge < -0.3 is 16.0 Å². The summed E-state index contributed by atoms with van der Waals surface area (Å²) in [4.78, 5) is 54.5. The summed E-state index contributed by atoms with van der Waals surface area (Å²) < 4.78 is 0. The minimum absolute atomic E-state index is 0.140. The molecule has 8 nitrogen and oxygen atoms in total. The third kappa shape index (κ3) is 6.14. The smallest absolute Gasteiger partial charge is 0.261 e. The lowest BCUT2D eigenvalue weighted by Crippen LogP contribution is -2.55. The topological polar surface area (TPSA) is 113 Å². The molecule has 1 heterocycles. The van der Waals surface area contributed by atoms with Gasteiger partial charge in [0.05, 0.1) is 17.2 Å². The second kappa shape index (κ2) is 11.8. The van der Waals surface area contributed by atoms with Gasteiger partial charge in [-0.15, -0.1) is 0 Å². The zero-order valence-corrected chi connectivity index (χ0v) is 20.6. The average molecular weight is 479 g/mol. The molecule has 0 spiro atoms. The number of nitrogens with one attached hydrogen (secondary N) is 1. The van der Waals surface area contributed by atoms with Gasteiger partial charge in [0.15, 0.2) is 0 Å². The molecule has 4 amide bonds. The van der Waals surface area contributed by atoms with Crippen LogP contribution < -0.4 is 11.1 Å². The van der Waals surface area contributed by atoms with Crippen molar-refractivity contribution in [3.05, 3.63) is 71.3 Å². The Labute approximate surface area is 206 Å². The fraction of sp³-hybridized carbons (Fsp3) is 0.407. The van der Waals surface area contributed by atoms with Crippen molar-refractivity contribution in [3.8, 4) is 0 Å². The molecule has 1 aliphatic heterocycles. The number of carbonyl (C=O) groups excluding carboxylic acids is 4. The van der Waals surface area contributed by atoms with E-state index in [-0.39, 0.29) is 42.6 Å². The molecular weight excluding hydrogens is 444 g/mol. The Morgan fingerprint density at radius 2 is 1.54 bits per heavy atom. The molecule has 1 aliphatic rings. The van der Waals surface area contributed by atoms with Crippen LogP contribution in [-0.2, 0) is 16.0 Å². The summed E-state index contributed by atoms with van der Waals surface area (Å²) in [7, 11) is 1.54. The van der Waals surface area contributed by atoms with Crippen molar-refractivity contribution in [2.75, 3.05) is 20.1 Å². The zero-order chi connectivity index (χ0) is 25.5. The van der Waals surface area contributed by atoms with Crippen molar-refractivity contribution in [2.24, 2.45) is 11.7 Å². The van der Waals surface area contributed by atoms with Crippen LogP contribution in [0.5, 0.6) is 0 Å². The van der Waals surface area contributed by atoms with Crippen LogP contribution in [0.15, 0.2) is 54.6 Å². The molecule has 0 bridgehead atoms. The van der Waals surface area contributed by atoms with Crippen molar-refractivity contribution < 1.29 is 19.2 Å². The van der Waals surface area contributed by atoms with Gasteiger partial charge in [-0.3, -0.25) is 24.1 Å². The highest BCUT2D eigenvalue weighted by Crippen LogP contribution is 2.23. The highest BCUT2D eigenvalue weighted by molar-refractivity contribution is 6.21. The molecule has 0 unspecified atom stereocenters. The van der Waals surface area contributed by atoms with E-state index in [1.54, 1.807) is 24.3 Å². The molecule has 186 valence electrons. The second-order valence-electron chi connectivity index (χ2n) is 9.25. The van der Waals surface area contributed by atoms with Crippen LogP contribution in [0, 0.1) is 5.92 Å². The van der Waals surface area contributed by atoms with Gasteiger partial charge >= 0.3 is 0 Å². The van der Waals surface area contributed by atoms with Crippen molar-refractivity contribution in [2.45, 2.75) is 45.2 Å². The molecule has 8 heteroatoms.